The molecule has 0 spiro atoms. The normalized spacial score (nSPS) is 11.1. The largest absolute Gasteiger partial charge is 0.399 e. The molecular weight excluding hydrogens is 436 g/mol. The van der Waals surface area contributed by atoms with Crippen molar-refractivity contribution in [2.24, 2.45) is 0 Å². The molecule has 0 aromatic heterocycles. The summed E-state index contributed by atoms with van der Waals surface area (Å²) in [6.07, 6.45) is 9.01. The predicted octanol–water partition coefficient (Wildman–Crippen LogP) is 7.60. The van der Waals surface area contributed by atoms with Crippen LogP contribution in [0.4, 0.5) is 11.4 Å². The van der Waals surface area contributed by atoms with Crippen LogP contribution in [-0.2, 0) is 38.5 Å². The van der Waals surface area contributed by atoms with E-state index in [0.29, 0.717) is 0 Å². The van der Waals surface area contributed by atoms with Gasteiger partial charge in [0.2, 0.25) is 0 Å². The van der Waals surface area contributed by atoms with Crippen LogP contribution in [0.1, 0.15) is 57.3 Å². The van der Waals surface area contributed by atoms with Gasteiger partial charge in [0.05, 0.1) is 0 Å². The minimum absolute atomic E-state index is 0.830. The fourth-order valence-corrected chi connectivity index (χ4v) is 4.97. The first-order valence-corrected chi connectivity index (χ1v) is 13.3. The van der Waals surface area contributed by atoms with E-state index in [1.807, 2.05) is 24.3 Å². The molecule has 0 fully saturated rings. The number of aryl methyl sites for hydroxylation is 8. The van der Waals surface area contributed by atoms with Crippen molar-refractivity contribution in [2.45, 2.75) is 65.2 Å². The number of rotatable bonds is 11. The zero-order valence-electron chi connectivity index (χ0n) is 21.9. The third kappa shape index (κ3) is 7.49. The molecule has 0 atom stereocenters. The number of nitrogen functional groups attached to an aromatic ring is 2. The van der Waals surface area contributed by atoms with Gasteiger partial charge >= 0.3 is 0 Å². The van der Waals surface area contributed by atoms with Gasteiger partial charge in [-0.25, -0.2) is 0 Å². The van der Waals surface area contributed by atoms with Gasteiger partial charge in [-0.3, -0.25) is 0 Å². The minimum Gasteiger partial charge on any atom is -0.399 e. The lowest BCUT2D eigenvalue weighted by molar-refractivity contribution is 0.733. The summed E-state index contributed by atoms with van der Waals surface area (Å²) in [5.74, 6) is 0. The van der Waals surface area contributed by atoms with E-state index in [1.165, 1.54) is 57.3 Å². The Balaban J connectivity index is 1.20. The maximum absolute atomic E-state index is 5.80. The van der Waals surface area contributed by atoms with Crippen molar-refractivity contribution in [3.8, 4) is 0 Å². The molecule has 0 radical (unpaired) electrons. The molecule has 4 rings (SSSR count). The van der Waals surface area contributed by atoms with Crippen molar-refractivity contribution in [3.05, 3.63) is 129 Å². The molecule has 2 nitrogen and oxygen atoms in total. The first-order chi connectivity index (χ1) is 17.5. The van der Waals surface area contributed by atoms with Gasteiger partial charge in [0.15, 0.2) is 0 Å². The maximum Gasteiger partial charge on any atom is 0.0314 e. The summed E-state index contributed by atoms with van der Waals surface area (Å²) in [7, 11) is 0. The van der Waals surface area contributed by atoms with E-state index >= 15 is 0 Å². The third-order valence-electron chi connectivity index (χ3n) is 7.32. The molecule has 0 unspecified atom stereocenters. The summed E-state index contributed by atoms with van der Waals surface area (Å²) < 4.78 is 0. The monoisotopic (exact) mass is 476 g/mol. The van der Waals surface area contributed by atoms with Crippen LogP contribution in [0.5, 0.6) is 0 Å². The highest BCUT2D eigenvalue weighted by Gasteiger charge is 2.05. The molecule has 0 heterocycles. The molecule has 0 aliphatic rings. The third-order valence-corrected chi connectivity index (χ3v) is 7.32. The highest BCUT2D eigenvalue weighted by atomic mass is 14.5. The highest BCUT2D eigenvalue weighted by Crippen LogP contribution is 2.19. The number of hydrogen-bond donors (Lipinski definition) is 2. The number of anilines is 2. The Hall–Kier alpha value is -3.52. The van der Waals surface area contributed by atoms with Gasteiger partial charge in [-0.15, -0.1) is 0 Å². The van der Waals surface area contributed by atoms with Gasteiger partial charge < -0.3 is 11.5 Å². The molecule has 0 saturated carbocycles. The average Bonchev–Trinajstić information content (AvgIpc) is 2.87. The first-order valence-electron chi connectivity index (χ1n) is 13.3. The fraction of sp³-hybridized carbons (Fsp3) is 0.294. The standard InChI is InChI=1S/C34H40N2/c1-25-23-29(9-17-31(25)15-7-27-11-19-33(35)20-12-27)5-3-4-6-30-10-18-32(26(2)24-30)16-8-28-13-21-34(36)22-14-28/h9-14,17-24H,3-8,15-16,35-36H2,1-2H3. The van der Waals surface area contributed by atoms with E-state index in [9.17, 15) is 0 Å². The lowest BCUT2D eigenvalue weighted by Crippen LogP contribution is -1.98. The van der Waals surface area contributed by atoms with E-state index in [0.717, 1.165) is 49.9 Å². The van der Waals surface area contributed by atoms with Gasteiger partial charge in [0, 0.05) is 11.4 Å². The Labute approximate surface area is 217 Å². The van der Waals surface area contributed by atoms with Gasteiger partial charge in [-0.05, 0) is 134 Å². The SMILES string of the molecule is Cc1cc(CCCCc2ccc(CCc3ccc(N)cc3)c(C)c2)ccc1CCc1ccc(N)cc1. The molecule has 0 aliphatic heterocycles. The number of nitrogens with two attached hydrogens (primary N) is 2. The van der Waals surface area contributed by atoms with E-state index in [2.05, 4.69) is 74.5 Å². The van der Waals surface area contributed by atoms with Crippen molar-refractivity contribution >= 4 is 11.4 Å². The van der Waals surface area contributed by atoms with Gasteiger partial charge in [0.25, 0.3) is 0 Å². The number of unbranched alkanes of at least 4 members (excludes halogenated alkanes) is 1. The van der Waals surface area contributed by atoms with Crippen molar-refractivity contribution in [1.29, 1.82) is 0 Å². The predicted molar refractivity (Wildman–Crippen MR) is 156 cm³/mol. The molecular formula is C34H40N2. The smallest absolute Gasteiger partial charge is 0.0314 e. The first kappa shape index (κ1) is 25.6. The second kappa shape index (κ2) is 12.4. The molecule has 0 aliphatic carbocycles. The molecule has 0 amide bonds. The molecule has 4 aromatic carbocycles. The Kier molecular flexibility index (Phi) is 8.84. The second-order valence-corrected chi connectivity index (χ2v) is 10.2. The summed E-state index contributed by atoms with van der Waals surface area (Å²) >= 11 is 0. The van der Waals surface area contributed by atoms with E-state index in [-0.39, 0.29) is 0 Å². The van der Waals surface area contributed by atoms with E-state index in [1.54, 1.807) is 0 Å². The van der Waals surface area contributed by atoms with Crippen LogP contribution in [0.15, 0.2) is 84.9 Å². The molecule has 4 aromatic rings. The average molecular weight is 477 g/mol. The molecule has 186 valence electrons. The summed E-state index contributed by atoms with van der Waals surface area (Å²) in [6.45, 7) is 4.50. The Bertz CT molecular complexity index is 1150. The van der Waals surface area contributed by atoms with Crippen LogP contribution in [0.3, 0.4) is 0 Å². The van der Waals surface area contributed by atoms with Crippen LogP contribution < -0.4 is 11.5 Å². The van der Waals surface area contributed by atoms with Crippen molar-refractivity contribution in [1.82, 2.24) is 0 Å². The zero-order valence-corrected chi connectivity index (χ0v) is 21.9. The summed E-state index contributed by atoms with van der Waals surface area (Å²) in [4.78, 5) is 0. The topological polar surface area (TPSA) is 52.0 Å². The maximum atomic E-state index is 5.80. The summed E-state index contributed by atoms with van der Waals surface area (Å²) in [5.41, 5.74) is 24.6. The quantitative estimate of drug-likeness (QED) is 0.173. The molecule has 4 N–H and O–H groups in total. The van der Waals surface area contributed by atoms with Gasteiger partial charge in [0.1, 0.15) is 0 Å². The minimum atomic E-state index is 0.830. The van der Waals surface area contributed by atoms with Crippen molar-refractivity contribution < 1.29 is 0 Å². The van der Waals surface area contributed by atoms with Crippen LogP contribution in [-0.4, -0.2) is 0 Å². The summed E-state index contributed by atoms with van der Waals surface area (Å²) in [6, 6.07) is 30.6. The fourth-order valence-electron chi connectivity index (χ4n) is 4.97. The summed E-state index contributed by atoms with van der Waals surface area (Å²) in [5, 5.41) is 0. The number of benzene rings is 4. The molecule has 0 bridgehead atoms. The van der Waals surface area contributed by atoms with Crippen LogP contribution >= 0.6 is 0 Å². The Morgan fingerprint density at radius 2 is 0.778 bits per heavy atom. The van der Waals surface area contributed by atoms with E-state index in [4.69, 9.17) is 11.5 Å². The molecule has 36 heavy (non-hydrogen) atoms. The Morgan fingerprint density at radius 1 is 0.417 bits per heavy atom. The zero-order chi connectivity index (χ0) is 25.3. The Morgan fingerprint density at radius 3 is 1.14 bits per heavy atom. The van der Waals surface area contributed by atoms with Crippen LogP contribution in [0.25, 0.3) is 0 Å². The lowest BCUT2D eigenvalue weighted by atomic mass is 9.95. The molecule has 2 heteroatoms. The van der Waals surface area contributed by atoms with Crippen LogP contribution in [0.2, 0.25) is 0 Å². The highest BCUT2D eigenvalue weighted by molar-refractivity contribution is 5.41. The molecule has 0 saturated heterocycles. The van der Waals surface area contributed by atoms with E-state index < -0.39 is 0 Å². The van der Waals surface area contributed by atoms with Gasteiger partial charge in [-0.1, -0.05) is 60.7 Å². The van der Waals surface area contributed by atoms with Crippen LogP contribution in [0, 0.1) is 13.8 Å². The van der Waals surface area contributed by atoms with Crippen molar-refractivity contribution in [2.75, 3.05) is 11.5 Å². The van der Waals surface area contributed by atoms with Gasteiger partial charge in [-0.2, -0.15) is 0 Å². The van der Waals surface area contributed by atoms with Crippen molar-refractivity contribution in [3.63, 3.8) is 0 Å². The second-order valence-electron chi connectivity index (χ2n) is 10.2. The number of hydrogen-bond acceptors (Lipinski definition) is 2. The lowest BCUT2D eigenvalue weighted by Gasteiger charge is -2.11.